The molecule has 2 aromatic heterocycles. The van der Waals surface area contributed by atoms with E-state index in [0.717, 1.165) is 12.1 Å². The lowest BCUT2D eigenvalue weighted by atomic mass is 10.0. The number of nitrogens with zero attached hydrogens (tertiary/aromatic N) is 2. The van der Waals surface area contributed by atoms with Crippen LogP contribution in [0.2, 0.25) is 0 Å². The Labute approximate surface area is 140 Å². The van der Waals surface area contributed by atoms with Crippen LogP contribution in [0.25, 0.3) is 20.9 Å². The van der Waals surface area contributed by atoms with Gasteiger partial charge in [0, 0.05) is 40.3 Å². The van der Waals surface area contributed by atoms with Crippen molar-refractivity contribution in [1.29, 1.82) is 0 Å². The number of aromatic nitrogens is 1. The molecule has 3 aromatic rings. The van der Waals surface area contributed by atoms with E-state index in [9.17, 15) is 0 Å². The summed E-state index contributed by atoms with van der Waals surface area (Å²) in [6, 6.07) is 13.7. The highest BCUT2D eigenvalue weighted by atomic mass is 32.1. The predicted octanol–water partition coefficient (Wildman–Crippen LogP) is 4.57. The van der Waals surface area contributed by atoms with Crippen LogP contribution < -0.4 is 5.73 Å². The molecule has 23 heavy (non-hydrogen) atoms. The van der Waals surface area contributed by atoms with E-state index in [1.807, 2.05) is 12.3 Å². The highest BCUT2D eigenvalue weighted by Gasteiger charge is 2.23. The van der Waals surface area contributed by atoms with Gasteiger partial charge in [-0.3, -0.25) is 9.88 Å². The first-order valence-electron chi connectivity index (χ1n) is 7.76. The minimum Gasteiger partial charge on any atom is -0.397 e. The Morgan fingerprint density at radius 2 is 1.87 bits per heavy atom. The Morgan fingerprint density at radius 3 is 2.65 bits per heavy atom. The molecule has 1 unspecified atom stereocenters. The van der Waals surface area contributed by atoms with Crippen LogP contribution in [0, 0.1) is 0 Å². The van der Waals surface area contributed by atoms with Gasteiger partial charge in [-0.25, -0.2) is 0 Å². The molecule has 1 aliphatic rings. The van der Waals surface area contributed by atoms with E-state index in [4.69, 9.17) is 5.73 Å². The van der Waals surface area contributed by atoms with Gasteiger partial charge in [0.25, 0.3) is 0 Å². The number of fused-ring (bicyclic) bond motifs is 1. The molecule has 4 heteroatoms. The summed E-state index contributed by atoms with van der Waals surface area (Å²) < 4.78 is 0. The van der Waals surface area contributed by atoms with Crippen LogP contribution in [-0.4, -0.2) is 16.9 Å². The van der Waals surface area contributed by atoms with E-state index in [0.29, 0.717) is 11.7 Å². The Balaban J connectivity index is 1.70. The summed E-state index contributed by atoms with van der Waals surface area (Å²) in [5.41, 5.74) is 11.8. The highest BCUT2D eigenvalue weighted by Crippen LogP contribution is 2.38. The lowest BCUT2D eigenvalue weighted by Gasteiger charge is -2.14. The lowest BCUT2D eigenvalue weighted by molar-refractivity contribution is 0.286. The van der Waals surface area contributed by atoms with Gasteiger partial charge in [0.1, 0.15) is 0 Å². The van der Waals surface area contributed by atoms with E-state index in [1.54, 1.807) is 17.5 Å². The molecular formula is C19H19N3S. The van der Waals surface area contributed by atoms with Crippen molar-refractivity contribution in [3.05, 3.63) is 59.9 Å². The Bertz CT molecular complexity index is 869. The fourth-order valence-electron chi connectivity index (χ4n) is 3.16. The monoisotopic (exact) mass is 321 g/mol. The standard InChI is InChI=1S/C19H19N3S/c1-12-17-8-13(3-4-14(17)11-22(12)2)18-5-6-19(23-18)15-7-16(20)10-21-9-15/h3-10,12H,11,20H2,1-2H3. The third-order valence-corrected chi connectivity index (χ3v) is 5.79. The molecule has 2 N–H and O–H groups in total. The van der Waals surface area contributed by atoms with Crippen molar-refractivity contribution in [3.8, 4) is 20.9 Å². The third kappa shape index (κ3) is 2.54. The first-order chi connectivity index (χ1) is 11.1. The van der Waals surface area contributed by atoms with Crippen LogP contribution in [0.4, 0.5) is 5.69 Å². The van der Waals surface area contributed by atoms with Gasteiger partial charge in [-0.2, -0.15) is 0 Å². The van der Waals surface area contributed by atoms with E-state index in [1.165, 1.54) is 26.4 Å². The Kier molecular flexibility index (Phi) is 3.43. The van der Waals surface area contributed by atoms with Gasteiger partial charge >= 0.3 is 0 Å². The summed E-state index contributed by atoms with van der Waals surface area (Å²) in [5, 5.41) is 0. The molecule has 0 spiro atoms. The van der Waals surface area contributed by atoms with E-state index in [-0.39, 0.29) is 0 Å². The third-order valence-electron chi connectivity index (χ3n) is 4.61. The number of hydrogen-bond acceptors (Lipinski definition) is 4. The molecule has 0 radical (unpaired) electrons. The first kappa shape index (κ1) is 14.4. The number of pyridine rings is 1. The number of hydrogen-bond donors (Lipinski definition) is 1. The van der Waals surface area contributed by atoms with E-state index < -0.39 is 0 Å². The second kappa shape index (κ2) is 5.48. The van der Waals surface area contributed by atoms with E-state index >= 15 is 0 Å². The van der Waals surface area contributed by atoms with Crippen molar-refractivity contribution in [2.75, 3.05) is 12.8 Å². The zero-order chi connectivity index (χ0) is 16.0. The molecule has 0 amide bonds. The maximum absolute atomic E-state index is 5.84. The van der Waals surface area contributed by atoms with Crippen molar-refractivity contribution in [1.82, 2.24) is 9.88 Å². The minimum absolute atomic E-state index is 0.488. The molecule has 0 fully saturated rings. The fourth-order valence-corrected chi connectivity index (χ4v) is 4.15. The molecular weight excluding hydrogens is 302 g/mol. The van der Waals surface area contributed by atoms with Gasteiger partial charge in [0.15, 0.2) is 0 Å². The van der Waals surface area contributed by atoms with Gasteiger partial charge in [-0.05, 0) is 54.9 Å². The molecule has 116 valence electrons. The normalized spacial score (nSPS) is 17.4. The first-order valence-corrected chi connectivity index (χ1v) is 8.57. The molecule has 0 saturated heterocycles. The molecule has 0 aliphatic carbocycles. The van der Waals surface area contributed by atoms with Gasteiger partial charge in [0.2, 0.25) is 0 Å². The summed E-state index contributed by atoms with van der Waals surface area (Å²) in [6.45, 7) is 3.31. The molecule has 3 heterocycles. The summed E-state index contributed by atoms with van der Waals surface area (Å²) in [4.78, 5) is 9.05. The second-order valence-corrected chi connectivity index (χ2v) is 7.26. The smallest absolute Gasteiger partial charge is 0.0507 e. The average molecular weight is 321 g/mol. The van der Waals surface area contributed by atoms with Crippen molar-refractivity contribution in [2.24, 2.45) is 0 Å². The lowest BCUT2D eigenvalue weighted by Crippen LogP contribution is -2.12. The fraction of sp³-hybridized carbons (Fsp3) is 0.211. The van der Waals surface area contributed by atoms with Crippen LogP contribution in [-0.2, 0) is 6.54 Å². The molecule has 3 nitrogen and oxygen atoms in total. The number of rotatable bonds is 2. The molecule has 1 atom stereocenters. The van der Waals surface area contributed by atoms with Crippen LogP contribution in [0.15, 0.2) is 48.8 Å². The van der Waals surface area contributed by atoms with Gasteiger partial charge in [-0.15, -0.1) is 11.3 Å². The topological polar surface area (TPSA) is 42.1 Å². The van der Waals surface area contributed by atoms with Crippen LogP contribution in [0.5, 0.6) is 0 Å². The Hall–Kier alpha value is -2.17. The zero-order valence-corrected chi connectivity index (χ0v) is 14.1. The van der Waals surface area contributed by atoms with Gasteiger partial charge < -0.3 is 5.73 Å². The number of anilines is 1. The summed E-state index contributed by atoms with van der Waals surface area (Å²) in [5.74, 6) is 0. The van der Waals surface area contributed by atoms with Gasteiger partial charge in [-0.1, -0.05) is 12.1 Å². The van der Waals surface area contributed by atoms with Crippen molar-refractivity contribution < 1.29 is 0 Å². The van der Waals surface area contributed by atoms with Crippen molar-refractivity contribution in [2.45, 2.75) is 19.5 Å². The largest absolute Gasteiger partial charge is 0.397 e. The van der Waals surface area contributed by atoms with Crippen LogP contribution in [0.1, 0.15) is 24.1 Å². The minimum atomic E-state index is 0.488. The Morgan fingerprint density at radius 1 is 1.09 bits per heavy atom. The quantitative estimate of drug-likeness (QED) is 0.752. The zero-order valence-electron chi connectivity index (χ0n) is 13.3. The molecule has 1 aliphatic heterocycles. The molecule has 0 bridgehead atoms. The van der Waals surface area contributed by atoms with E-state index in [2.05, 4.69) is 54.2 Å². The van der Waals surface area contributed by atoms with Crippen LogP contribution >= 0.6 is 11.3 Å². The highest BCUT2D eigenvalue weighted by molar-refractivity contribution is 7.18. The van der Waals surface area contributed by atoms with Crippen molar-refractivity contribution >= 4 is 17.0 Å². The van der Waals surface area contributed by atoms with Gasteiger partial charge in [0.05, 0.1) is 5.69 Å². The molecule has 1 aromatic carbocycles. The second-order valence-electron chi connectivity index (χ2n) is 6.18. The average Bonchev–Trinajstić information content (AvgIpc) is 3.14. The van der Waals surface area contributed by atoms with Crippen molar-refractivity contribution in [3.63, 3.8) is 0 Å². The number of nitrogen functional groups attached to an aromatic ring is 1. The maximum Gasteiger partial charge on any atom is 0.0507 e. The van der Waals surface area contributed by atoms with Crippen LogP contribution in [0.3, 0.4) is 0 Å². The maximum atomic E-state index is 5.84. The summed E-state index contributed by atoms with van der Waals surface area (Å²) >= 11 is 1.79. The number of nitrogens with two attached hydrogens (primary N) is 1. The number of thiophene rings is 1. The molecule has 4 rings (SSSR count). The summed E-state index contributed by atoms with van der Waals surface area (Å²) in [7, 11) is 2.18. The SMILES string of the molecule is CC1c2cc(-c3ccc(-c4cncc(N)c4)s3)ccc2CN1C. The molecule has 0 saturated carbocycles. The summed E-state index contributed by atoms with van der Waals surface area (Å²) in [6.07, 6.45) is 3.54. The number of benzene rings is 1. The predicted molar refractivity (Wildman–Crippen MR) is 97.3 cm³/mol.